The fourth-order valence-electron chi connectivity index (χ4n) is 2.30. The van der Waals surface area contributed by atoms with Gasteiger partial charge < -0.3 is 14.7 Å². The summed E-state index contributed by atoms with van der Waals surface area (Å²) in [6.45, 7) is 4.02. The van der Waals surface area contributed by atoms with Gasteiger partial charge in [-0.1, -0.05) is 11.6 Å². The Bertz CT molecular complexity index is 526. The van der Waals surface area contributed by atoms with E-state index in [2.05, 4.69) is 0 Å². The van der Waals surface area contributed by atoms with E-state index in [1.54, 1.807) is 25.1 Å². The number of aliphatic carboxylic acids is 1. The van der Waals surface area contributed by atoms with Crippen LogP contribution in [0.1, 0.15) is 22.8 Å². The lowest BCUT2D eigenvalue weighted by Crippen LogP contribution is -2.51. The van der Waals surface area contributed by atoms with E-state index in [1.165, 1.54) is 4.90 Å². The van der Waals surface area contributed by atoms with Crippen molar-refractivity contribution in [2.24, 2.45) is 0 Å². The van der Waals surface area contributed by atoms with Crippen LogP contribution in [0.5, 0.6) is 0 Å². The number of ether oxygens (including phenoxy) is 1. The minimum Gasteiger partial charge on any atom is -0.479 e. The van der Waals surface area contributed by atoms with Gasteiger partial charge in [-0.3, -0.25) is 4.79 Å². The quantitative estimate of drug-likeness (QED) is 0.906. The van der Waals surface area contributed by atoms with Gasteiger partial charge in [-0.05, 0) is 37.6 Å². The second kappa shape index (κ2) is 5.81. The smallest absolute Gasteiger partial charge is 0.334 e. The molecular weight excluding hydrogens is 282 g/mol. The first kappa shape index (κ1) is 14.8. The fourth-order valence-corrected chi connectivity index (χ4v) is 2.59. The minimum absolute atomic E-state index is 0.0457. The van der Waals surface area contributed by atoms with Crippen LogP contribution in [-0.2, 0) is 9.53 Å². The van der Waals surface area contributed by atoms with Gasteiger partial charge in [0.2, 0.25) is 0 Å². The lowest BCUT2D eigenvalue weighted by atomic mass is 10.1. The van der Waals surface area contributed by atoms with Gasteiger partial charge >= 0.3 is 5.97 Å². The predicted molar refractivity (Wildman–Crippen MR) is 74.1 cm³/mol. The highest BCUT2D eigenvalue weighted by molar-refractivity contribution is 6.31. The summed E-state index contributed by atoms with van der Waals surface area (Å²) in [6.07, 6.45) is -1.29. The summed E-state index contributed by atoms with van der Waals surface area (Å²) in [4.78, 5) is 25.0. The maximum absolute atomic E-state index is 12.4. The van der Waals surface area contributed by atoms with Crippen molar-refractivity contribution in [3.8, 4) is 0 Å². The first-order valence-electron chi connectivity index (χ1n) is 6.31. The molecule has 2 atom stereocenters. The number of hydrogen-bond donors (Lipinski definition) is 1. The number of morpholine rings is 1. The third-order valence-corrected chi connectivity index (χ3v) is 3.33. The summed E-state index contributed by atoms with van der Waals surface area (Å²) < 4.78 is 5.29. The van der Waals surface area contributed by atoms with E-state index in [1.807, 2.05) is 6.92 Å². The molecule has 0 bridgehead atoms. The Hall–Kier alpha value is -1.59. The number of nitrogens with zero attached hydrogens (tertiary/aromatic N) is 1. The predicted octanol–water partition coefficient (Wildman–Crippen LogP) is 1.96. The van der Waals surface area contributed by atoms with E-state index in [9.17, 15) is 9.59 Å². The number of rotatable bonds is 2. The number of benzene rings is 1. The zero-order chi connectivity index (χ0) is 14.9. The number of carbonyl (C=O) groups is 2. The van der Waals surface area contributed by atoms with Crippen LogP contribution < -0.4 is 0 Å². The van der Waals surface area contributed by atoms with Gasteiger partial charge in [0.1, 0.15) is 0 Å². The van der Waals surface area contributed by atoms with Crippen molar-refractivity contribution in [3.63, 3.8) is 0 Å². The molecule has 1 amide bonds. The molecule has 1 aromatic rings. The molecule has 0 spiro atoms. The zero-order valence-corrected chi connectivity index (χ0v) is 12.1. The molecule has 1 N–H and O–H groups in total. The second-order valence-electron chi connectivity index (χ2n) is 5.00. The third-order valence-electron chi connectivity index (χ3n) is 3.11. The van der Waals surface area contributed by atoms with E-state index < -0.39 is 12.1 Å². The Morgan fingerprint density at radius 1 is 1.35 bits per heavy atom. The Morgan fingerprint density at radius 3 is 2.65 bits per heavy atom. The highest BCUT2D eigenvalue weighted by Gasteiger charge is 2.33. The van der Waals surface area contributed by atoms with Crippen molar-refractivity contribution in [1.82, 2.24) is 4.90 Å². The number of aryl methyl sites for hydroxylation is 1. The maximum atomic E-state index is 12.4. The average Bonchev–Trinajstić information content (AvgIpc) is 2.35. The summed E-state index contributed by atoms with van der Waals surface area (Å²) in [7, 11) is 0. The molecule has 1 aliphatic rings. The van der Waals surface area contributed by atoms with Gasteiger partial charge in [-0.15, -0.1) is 0 Å². The van der Waals surface area contributed by atoms with Crippen LogP contribution >= 0.6 is 11.6 Å². The van der Waals surface area contributed by atoms with Crippen molar-refractivity contribution >= 4 is 23.5 Å². The van der Waals surface area contributed by atoms with E-state index in [0.717, 1.165) is 5.56 Å². The van der Waals surface area contributed by atoms with Crippen molar-refractivity contribution < 1.29 is 19.4 Å². The molecule has 2 rings (SSSR count). The second-order valence-corrected chi connectivity index (χ2v) is 5.44. The number of carboxylic acids is 1. The normalized spacial score (nSPS) is 22.6. The molecule has 6 heteroatoms. The van der Waals surface area contributed by atoms with Crippen LogP contribution in [0.25, 0.3) is 0 Å². The molecule has 5 nitrogen and oxygen atoms in total. The standard InChI is InChI=1S/C14H16ClNO4/c1-8-3-10(5-11(15)4-8)13(17)16-6-9(2)20-12(7-16)14(18)19/h3-5,9,12H,6-7H2,1-2H3,(H,18,19)/t9-,12?/m1/s1. The largest absolute Gasteiger partial charge is 0.479 e. The molecule has 0 saturated carbocycles. The van der Waals surface area contributed by atoms with Gasteiger partial charge in [-0.25, -0.2) is 4.79 Å². The SMILES string of the molecule is Cc1cc(Cl)cc(C(=O)N2CC(C(=O)O)O[C@H](C)C2)c1. The number of carboxylic acid groups (broad SMARTS) is 1. The van der Waals surface area contributed by atoms with E-state index in [0.29, 0.717) is 17.1 Å². The van der Waals surface area contributed by atoms with Crippen molar-refractivity contribution in [3.05, 3.63) is 34.3 Å². The van der Waals surface area contributed by atoms with Crippen molar-refractivity contribution in [2.45, 2.75) is 26.1 Å². The van der Waals surface area contributed by atoms with E-state index in [-0.39, 0.29) is 18.6 Å². The highest BCUT2D eigenvalue weighted by Crippen LogP contribution is 2.19. The van der Waals surface area contributed by atoms with Gasteiger partial charge in [0.25, 0.3) is 5.91 Å². The fraction of sp³-hybridized carbons (Fsp3) is 0.429. The number of amides is 1. The molecule has 0 radical (unpaired) electrons. The highest BCUT2D eigenvalue weighted by atomic mass is 35.5. The number of halogens is 1. The van der Waals surface area contributed by atoms with Crippen LogP contribution in [0.4, 0.5) is 0 Å². The van der Waals surface area contributed by atoms with Crippen molar-refractivity contribution in [1.29, 1.82) is 0 Å². The molecule has 1 heterocycles. The number of carbonyl (C=O) groups excluding carboxylic acids is 1. The van der Waals surface area contributed by atoms with Gasteiger partial charge in [0.05, 0.1) is 12.6 Å². The zero-order valence-electron chi connectivity index (χ0n) is 11.3. The molecule has 0 aromatic heterocycles. The summed E-state index contributed by atoms with van der Waals surface area (Å²) in [5.74, 6) is -1.28. The molecule has 108 valence electrons. The number of hydrogen-bond acceptors (Lipinski definition) is 3. The first-order chi connectivity index (χ1) is 9.36. The van der Waals surface area contributed by atoms with E-state index in [4.69, 9.17) is 21.4 Å². The van der Waals surface area contributed by atoms with Crippen LogP contribution in [0.3, 0.4) is 0 Å². The van der Waals surface area contributed by atoms with Gasteiger partial charge in [0, 0.05) is 17.1 Å². The molecule has 0 aliphatic carbocycles. The lowest BCUT2D eigenvalue weighted by Gasteiger charge is -2.35. The maximum Gasteiger partial charge on any atom is 0.334 e. The molecular formula is C14H16ClNO4. The lowest BCUT2D eigenvalue weighted by molar-refractivity contribution is -0.160. The molecule has 1 unspecified atom stereocenters. The van der Waals surface area contributed by atoms with E-state index >= 15 is 0 Å². The van der Waals surface area contributed by atoms with Gasteiger partial charge in [-0.2, -0.15) is 0 Å². The van der Waals surface area contributed by atoms with Crippen molar-refractivity contribution in [2.75, 3.05) is 13.1 Å². The monoisotopic (exact) mass is 297 g/mol. The Kier molecular flexibility index (Phi) is 4.30. The Labute approximate surface area is 122 Å². The average molecular weight is 298 g/mol. The molecule has 1 aromatic carbocycles. The Balaban J connectivity index is 2.21. The summed E-state index contributed by atoms with van der Waals surface area (Å²) >= 11 is 5.95. The Morgan fingerprint density at radius 2 is 2.05 bits per heavy atom. The molecule has 1 fully saturated rings. The summed E-state index contributed by atoms with van der Waals surface area (Å²) in [5.41, 5.74) is 1.35. The van der Waals surface area contributed by atoms with Crippen LogP contribution in [0.2, 0.25) is 5.02 Å². The summed E-state index contributed by atoms with van der Waals surface area (Å²) in [5, 5.41) is 9.52. The molecule has 1 saturated heterocycles. The first-order valence-corrected chi connectivity index (χ1v) is 6.69. The van der Waals surface area contributed by atoms with Crippen LogP contribution in [0.15, 0.2) is 18.2 Å². The van der Waals surface area contributed by atoms with Crippen LogP contribution in [0, 0.1) is 6.92 Å². The minimum atomic E-state index is -1.06. The third kappa shape index (κ3) is 3.29. The van der Waals surface area contributed by atoms with Gasteiger partial charge in [0.15, 0.2) is 6.10 Å². The molecule has 20 heavy (non-hydrogen) atoms. The topological polar surface area (TPSA) is 66.8 Å². The van der Waals surface area contributed by atoms with Crippen LogP contribution in [-0.4, -0.2) is 47.2 Å². The summed E-state index contributed by atoms with van der Waals surface area (Å²) in [6, 6.07) is 5.09. The molecule has 1 aliphatic heterocycles.